The van der Waals surface area contributed by atoms with Crippen LogP contribution in [0, 0.1) is 12.3 Å². The van der Waals surface area contributed by atoms with Crippen LogP contribution in [-0.4, -0.2) is 95.2 Å². The van der Waals surface area contributed by atoms with Gasteiger partial charge >= 0.3 is 0 Å². The van der Waals surface area contributed by atoms with Crippen molar-refractivity contribution in [3.05, 3.63) is 48.3 Å². The van der Waals surface area contributed by atoms with Crippen LogP contribution in [0.25, 0.3) is 10.9 Å². The van der Waals surface area contributed by atoms with Crippen molar-refractivity contribution in [2.24, 2.45) is 0 Å². The molecule has 0 aliphatic heterocycles. The largest absolute Gasteiger partial charge is 0.487 e. The van der Waals surface area contributed by atoms with Gasteiger partial charge in [0.25, 0.3) is 0 Å². The van der Waals surface area contributed by atoms with Crippen molar-refractivity contribution in [3.8, 4) is 23.8 Å². The Morgan fingerprint density at radius 2 is 1.38 bits per heavy atom. The number of methoxy groups -OCH3 is 2. The molecule has 9 nitrogen and oxygen atoms in total. The van der Waals surface area contributed by atoms with Crippen molar-refractivity contribution in [2.75, 3.05) is 72.1 Å². The molecule has 0 saturated carbocycles. The van der Waals surface area contributed by atoms with Crippen LogP contribution < -0.4 is 14.8 Å². The fourth-order valence-electron chi connectivity index (χ4n) is 3.82. The number of hydrogen-bond donors (Lipinski definition) is 1. The Kier molecular flexibility index (Phi) is 18.6. The second-order valence-corrected chi connectivity index (χ2v) is 12.5. The van der Waals surface area contributed by atoms with Crippen LogP contribution in [0.4, 0.5) is 11.5 Å². The Morgan fingerprint density at radius 1 is 0.822 bits per heavy atom. The second kappa shape index (κ2) is 21.8. The van der Waals surface area contributed by atoms with Gasteiger partial charge in [-0.15, -0.1) is 6.42 Å². The van der Waals surface area contributed by atoms with E-state index in [2.05, 4.69) is 58.7 Å². The number of thiocarbonyl (C=S) groups is 2. The Balaban J connectivity index is 0.000000376. The zero-order valence-electron chi connectivity index (χ0n) is 26.8. The average molecular weight is 690 g/mol. The van der Waals surface area contributed by atoms with E-state index in [1.165, 1.54) is 6.33 Å². The van der Waals surface area contributed by atoms with Crippen molar-refractivity contribution in [2.45, 2.75) is 27.7 Å². The van der Waals surface area contributed by atoms with Crippen LogP contribution in [-0.2, 0) is 9.47 Å². The van der Waals surface area contributed by atoms with E-state index >= 15 is 0 Å². The minimum atomic E-state index is 0.392. The summed E-state index contributed by atoms with van der Waals surface area (Å²) >= 11 is 10.7. The van der Waals surface area contributed by atoms with Gasteiger partial charge in [0, 0.05) is 63.1 Å². The summed E-state index contributed by atoms with van der Waals surface area (Å²) in [6.07, 6.45) is 6.99. The quantitative estimate of drug-likeness (QED) is 0.0816. The Labute approximate surface area is 286 Å². The van der Waals surface area contributed by atoms with E-state index in [9.17, 15) is 0 Å². The smallest absolute Gasteiger partial charge is 0.163 e. The van der Waals surface area contributed by atoms with E-state index in [-0.39, 0.29) is 0 Å². The first-order chi connectivity index (χ1) is 21.8. The number of rotatable bonds is 14. The first-order valence-electron chi connectivity index (χ1n) is 14.6. The SMILES string of the molecule is C#Cc1cccc(Nc2ncnc3cc(OCCOC)c(OCCOC)cc23)c1.CCN(CC)C(=S)SSC(=S)N(CC)CC. The van der Waals surface area contributed by atoms with E-state index in [4.69, 9.17) is 49.8 Å². The van der Waals surface area contributed by atoms with Crippen LogP contribution in [0.1, 0.15) is 33.3 Å². The molecule has 1 N–H and O–H groups in total. The highest BCUT2D eigenvalue weighted by Crippen LogP contribution is 2.35. The summed E-state index contributed by atoms with van der Waals surface area (Å²) in [7, 11) is 6.43. The van der Waals surface area contributed by atoms with Crippen LogP contribution in [0.5, 0.6) is 11.5 Å². The van der Waals surface area contributed by atoms with Crippen molar-refractivity contribution in [1.82, 2.24) is 19.8 Å². The molecule has 0 bridgehead atoms. The van der Waals surface area contributed by atoms with Crippen LogP contribution in [0.3, 0.4) is 0 Å². The molecule has 13 heteroatoms. The first kappa shape index (κ1) is 38.3. The molecule has 3 rings (SSSR count). The van der Waals surface area contributed by atoms with E-state index < -0.39 is 0 Å². The van der Waals surface area contributed by atoms with Gasteiger partial charge in [-0.1, -0.05) is 36.4 Å². The predicted molar refractivity (Wildman–Crippen MR) is 198 cm³/mol. The molecule has 1 heterocycles. The highest BCUT2D eigenvalue weighted by Gasteiger charge is 2.14. The standard InChI is InChI=1S/C22H23N3O4.C10H20N2S4/c1-4-16-6-5-7-17(12-16)25-22-18-13-20(28-10-8-26-2)21(29-11-9-27-3)14-19(18)23-15-24-22;1-5-11(6-2)9(13)15-16-10(14)12(7-3)8-4/h1,5-7,12-15H,8-11H2,2-3H3,(H,23,24,25);5-8H2,1-4H3. The zero-order valence-corrected chi connectivity index (χ0v) is 30.1. The predicted octanol–water partition coefficient (Wildman–Crippen LogP) is 7.03. The summed E-state index contributed by atoms with van der Waals surface area (Å²) < 4.78 is 23.6. The Bertz CT molecular complexity index is 1370. The lowest BCUT2D eigenvalue weighted by atomic mass is 10.2. The number of hydrogen-bond acceptors (Lipinski definition) is 11. The van der Waals surface area contributed by atoms with Gasteiger partial charge in [-0.3, -0.25) is 0 Å². The highest BCUT2D eigenvalue weighted by molar-refractivity contribution is 8.89. The number of fused-ring (bicyclic) bond motifs is 1. The second-order valence-electron chi connectivity index (χ2n) is 9.11. The fraction of sp³-hybridized carbons (Fsp3) is 0.438. The minimum absolute atomic E-state index is 0.392. The number of nitrogens with one attached hydrogen (secondary N) is 1. The molecular formula is C32H43N5O4S4. The van der Waals surface area contributed by atoms with Gasteiger partial charge in [0.2, 0.25) is 0 Å². The zero-order chi connectivity index (χ0) is 33.0. The van der Waals surface area contributed by atoms with Crippen molar-refractivity contribution in [1.29, 1.82) is 0 Å². The lowest BCUT2D eigenvalue weighted by Gasteiger charge is -2.23. The van der Waals surface area contributed by atoms with Crippen molar-refractivity contribution >= 4 is 77.1 Å². The van der Waals surface area contributed by atoms with E-state index in [0.717, 1.165) is 57.0 Å². The molecule has 0 atom stereocenters. The number of anilines is 2. The number of nitrogens with zero attached hydrogens (tertiary/aromatic N) is 4. The molecule has 0 amide bonds. The highest BCUT2D eigenvalue weighted by atomic mass is 33.1. The summed E-state index contributed by atoms with van der Waals surface area (Å²) in [6.45, 7) is 14.0. The van der Waals surface area contributed by atoms with Gasteiger partial charge in [0.05, 0.1) is 18.7 Å². The fourth-order valence-corrected chi connectivity index (χ4v) is 6.88. The average Bonchev–Trinajstić information content (AvgIpc) is 3.06. The summed E-state index contributed by atoms with van der Waals surface area (Å²) in [5.41, 5.74) is 2.34. The van der Waals surface area contributed by atoms with Gasteiger partial charge in [-0.05, 0) is 73.5 Å². The molecule has 0 spiro atoms. The van der Waals surface area contributed by atoms with Gasteiger partial charge in [0.1, 0.15) is 34.0 Å². The summed E-state index contributed by atoms with van der Waals surface area (Å²) in [5, 5.41) is 4.10. The van der Waals surface area contributed by atoms with Crippen LogP contribution in [0.2, 0.25) is 0 Å². The molecule has 244 valence electrons. The van der Waals surface area contributed by atoms with Gasteiger partial charge in [-0.25, -0.2) is 9.97 Å². The third-order valence-electron chi connectivity index (χ3n) is 6.31. The van der Waals surface area contributed by atoms with Gasteiger partial charge in [0.15, 0.2) is 11.5 Å². The van der Waals surface area contributed by atoms with E-state index in [1.807, 2.05) is 36.4 Å². The molecule has 0 unspecified atom stereocenters. The Hall–Kier alpha value is -2.86. The maximum absolute atomic E-state index is 5.86. The van der Waals surface area contributed by atoms with E-state index in [1.54, 1.807) is 35.8 Å². The lowest BCUT2D eigenvalue weighted by molar-refractivity contribution is 0.132. The number of terminal acetylenes is 1. The number of ether oxygens (including phenoxy) is 4. The molecule has 0 fully saturated rings. The maximum Gasteiger partial charge on any atom is 0.163 e. The molecule has 0 aliphatic rings. The topological polar surface area (TPSA) is 81.2 Å². The van der Waals surface area contributed by atoms with Crippen LogP contribution >= 0.6 is 46.0 Å². The molecule has 0 radical (unpaired) electrons. The first-order valence-corrected chi connectivity index (χ1v) is 17.6. The van der Waals surface area contributed by atoms with E-state index in [0.29, 0.717) is 43.7 Å². The van der Waals surface area contributed by atoms with Gasteiger partial charge in [-0.2, -0.15) is 0 Å². The molecule has 0 saturated heterocycles. The molecule has 0 aliphatic carbocycles. The Morgan fingerprint density at radius 3 is 1.89 bits per heavy atom. The number of benzene rings is 2. The summed E-state index contributed by atoms with van der Waals surface area (Å²) in [4.78, 5) is 13.1. The summed E-state index contributed by atoms with van der Waals surface area (Å²) in [6, 6.07) is 11.3. The molecular weight excluding hydrogens is 647 g/mol. The molecule has 2 aromatic carbocycles. The van der Waals surface area contributed by atoms with Crippen molar-refractivity contribution < 1.29 is 18.9 Å². The summed E-state index contributed by atoms with van der Waals surface area (Å²) in [5.74, 6) is 4.44. The van der Waals surface area contributed by atoms with Gasteiger partial charge < -0.3 is 34.1 Å². The monoisotopic (exact) mass is 689 g/mol. The third-order valence-corrected chi connectivity index (χ3v) is 10.0. The number of aromatic nitrogens is 2. The molecule has 1 aromatic heterocycles. The lowest BCUT2D eigenvalue weighted by Crippen LogP contribution is -2.28. The van der Waals surface area contributed by atoms with Crippen LogP contribution in [0.15, 0.2) is 42.7 Å². The third kappa shape index (κ3) is 12.8. The maximum atomic E-state index is 5.86. The minimum Gasteiger partial charge on any atom is -0.487 e. The molecule has 3 aromatic rings. The van der Waals surface area contributed by atoms with Crippen molar-refractivity contribution in [3.63, 3.8) is 0 Å². The normalized spacial score (nSPS) is 10.3. The molecule has 45 heavy (non-hydrogen) atoms.